The van der Waals surface area contributed by atoms with Gasteiger partial charge in [0, 0.05) is 0 Å². The second-order valence-corrected chi connectivity index (χ2v) is 4.23. The van der Waals surface area contributed by atoms with Gasteiger partial charge in [0.25, 0.3) is 5.91 Å². The topological polar surface area (TPSA) is 81.2 Å². The van der Waals surface area contributed by atoms with Crippen molar-refractivity contribution in [3.8, 4) is 0 Å². The summed E-state index contributed by atoms with van der Waals surface area (Å²) in [6.45, 7) is 0. The van der Waals surface area contributed by atoms with Gasteiger partial charge < -0.3 is 5.73 Å². The number of anilines is 1. The number of imidazole rings is 1. The van der Waals surface area contributed by atoms with Crippen LogP contribution in [0, 0.1) is 0 Å². The molecule has 2 aromatic rings. The molecule has 0 bridgehead atoms. The third-order valence-electron chi connectivity index (χ3n) is 3.02. The van der Waals surface area contributed by atoms with Gasteiger partial charge >= 0.3 is 12.2 Å². The van der Waals surface area contributed by atoms with E-state index in [9.17, 15) is 22.8 Å². The summed E-state index contributed by atoms with van der Waals surface area (Å²) in [6, 6.07) is 2.20. The van der Waals surface area contributed by atoms with E-state index < -0.39 is 30.1 Å². The van der Waals surface area contributed by atoms with Gasteiger partial charge in [0.2, 0.25) is 12.0 Å². The van der Waals surface area contributed by atoms with E-state index in [-0.39, 0.29) is 15.9 Å². The van der Waals surface area contributed by atoms with Crippen LogP contribution in [0.4, 0.5) is 23.9 Å². The summed E-state index contributed by atoms with van der Waals surface area (Å²) >= 11 is 0. The number of hydrogen-bond acceptors (Lipinski definition) is 3. The Balaban J connectivity index is 2.34. The van der Waals surface area contributed by atoms with Crippen molar-refractivity contribution in [3.63, 3.8) is 0 Å². The molecule has 0 radical (unpaired) electrons. The Hall–Kier alpha value is -2.58. The number of carbonyl (C=O) groups excluding carboxylic acids is 2. The highest BCUT2D eigenvalue weighted by molar-refractivity contribution is 6.17. The molecule has 0 aliphatic carbocycles. The van der Waals surface area contributed by atoms with Gasteiger partial charge in [-0.1, -0.05) is 12.1 Å². The maximum Gasteiger partial charge on any atom is 0.418 e. The smallest absolute Gasteiger partial charge is 0.351 e. The molecule has 3 rings (SSSR count). The summed E-state index contributed by atoms with van der Waals surface area (Å²) in [5, 5.41) is 0. The molecule has 104 valence electrons. The summed E-state index contributed by atoms with van der Waals surface area (Å²) in [7, 11) is 0. The zero-order valence-electron chi connectivity index (χ0n) is 9.76. The van der Waals surface area contributed by atoms with E-state index in [1.165, 1.54) is 18.2 Å². The average Bonchev–Trinajstić information content (AvgIpc) is 2.80. The summed E-state index contributed by atoms with van der Waals surface area (Å²) in [5.41, 5.74) is 5.33. The Morgan fingerprint density at radius 3 is 2.55 bits per heavy atom. The molecular weight excluding hydrogens is 277 g/mol. The summed E-state index contributed by atoms with van der Waals surface area (Å²) in [4.78, 5) is 27.2. The molecule has 1 aliphatic rings. The van der Waals surface area contributed by atoms with Crippen LogP contribution in [-0.2, 0) is 4.79 Å². The second-order valence-electron chi connectivity index (χ2n) is 4.23. The van der Waals surface area contributed by atoms with Gasteiger partial charge in [-0.05, 0) is 12.1 Å². The van der Waals surface area contributed by atoms with Crippen molar-refractivity contribution >= 4 is 28.9 Å². The van der Waals surface area contributed by atoms with Crippen LogP contribution in [0.5, 0.6) is 0 Å². The lowest BCUT2D eigenvalue weighted by Crippen LogP contribution is -2.42. The number of primary amides is 1. The van der Waals surface area contributed by atoms with Crippen LogP contribution in [0.3, 0.4) is 0 Å². The standard InChI is InChI=1S/C11H7F3N4O2/c12-11(13,14)7-8(19)18(9(15)20)10-16-5-3-1-2-4-6(5)17(7)10/h1-4,7H,(H2,15,20). The Labute approximate surface area is 109 Å². The predicted molar refractivity (Wildman–Crippen MR) is 61.9 cm³/mol. The highest BCUT2D eigenvalue weighted by atomic mass is 19.4. The van der Waals surface area contributed by atoms with Crippen LogP contribution in [0.15, 0.2) is 24.3 Å². The molecule has 0 saturated heterocycles. The minimum Gasteiger partial charge on any atom is -0.351 e. The molecule has 1 aromatic carbocycles. The molecule has 1 aromatic heterocycles. The van der Waals surface area contributed by atoms with Crippen molar-refractivity contribution < 1.29 is 22.8 Å². The molecule has 0 fully saturated rings. The van der Waals surface area contributed by atoms with Gasteiger partial charge in [-0.15, -0.1) is 0 Å². The summed E-state index contributed by atoms with van der Waals surface area (Å²) < 4.78 is 39.9. The first-order valence-electron chi connectivity index (χ1n) is 5.49. The number of carbonyl (C=O) groups is 2. The number of halogens is 3. The van der Waals surface area contributed by atoms with Gasteiger partial charge in [-0.2, -0.15) is 18.1 Å². The number of para-hydroxylation sites is 2. The largest absolute Gasteiger partial charge is 0.418 e. The second kappa shape index (κ2) is 3.71. The maximum absolute atomic E-state index is 13.1. The Morgan fingerprint density at radius 1 is 1.30 bits per heavy atom. The van der Waals surface area contributed by atoms with E-state index in [0.717, 1.165) is 0 Å². The normalized spacial score (nSPS) is 18.6. The molecule has 9 heteroatoms. The Kier molecular flexibility index (Phi) is 2.31. The van der Waals surface area contributed by atoms with E-state index in [1.54, 1.807) is 6.07 Å². The highest BCUT2D eigenvalue weighted by Crippen LogP contribution is 2.42. The number of nitrogens with two attached hydrogens (primary N) is 1. The monoisotopic (exact) mass is 284 g/mol. The van der Waals surface area contributed by atoms with Crippen molar-refractivity contribution in [1.82, 2.24) is 9.55 Å². The molecule has 2 N–H and O–H groups in total. The SMILES string of the molecule is NC(=O)N1C(=O)C(C(F)(F)F)n2c1nc1ccccc12. The van der Waals surface area contributed by atoms with Crippen LogP contribution in [-0.4, -0.2) is 27.7 Å². The number of imide groups is 1. The molecular formula is C11H7F3N4O2. The highest BCUT2D eigenvalue weighted by Gasteiger charge is 2.56. The summed E-state index contributed by atoms with van der Waals surface area (Å²) in [5.74, 6) is -1.86. The number of amides is 3. The van der Waals surface area contributed by atoms with Gasteiger partial charge in [0.1, 0.15) is 0 Å². The first-order chi connectivity index (χ1) is 9.32. The van der Waals surface area contributed by atoms with Crippen molar-refractivity contribution in [2.24, 2.45) is 5.73 Å². The van der Waals surface area contributed by atoms with E-state index in [4.69, 9.17) is 5.73 Å². The predicted octanol–water partition coefficient (Wildman–Crippen LogP) is 1.56. The third-order valence-corrected chi connectivity index (χ3v) is 3.02. The van der Waals surface area contributed by atoms with Crippen LogP contribution >= 0.6 is 0 Å². The molecule has 1 unspecified atom stereocenters. The number of nitrogens with zero attached hydrogens (tertiary/aromatic N) is 3. The van der Waals surface area contributed by atoms with E-state index >= 15 is 0 Å². The lowest BCUT2D eigenvalue weighted by atomic mass is 10.2. The molecule has 6 nitrogen and oxygen atoms in total. The fraction of sp³-hybridized carbons (Fsp3) is 0.182. The number of aromatic nitrogens is 2. The summed E-state index contributed by atoms with van der Waals surface area (Å²) in [6.07, 6.45) is -4.85. The number of alkyl halides is 3. The minimum absolute atomic E-state index is 0.113. The fourth-order valence-electron chi connectivity index (χ4n) is 2.27. The number of urea groups is 1. The quantitative estimate of drug-likeness (QED) is 0.797. The maximum atomic E-state index is 13.1. The Morgan fingerprint density at radius 2 is 1.95 bits per heavy atom. The Bertz CT molecular complexity index is 737. The van der Waals surface area contributed by atoms with Gasteiger partial charge in [0.05, 0.1) is 11.0 Å². The van der Waals surface area contributed by atoms with Gasteiger partial charge in [-0.3, -0.25) is 9.36 Å². The van der Waals surface area contributed by atoms with Crippen LogP contribution in [0.2, 0.25) is 0 Å². The molecule has 1 atom stereocenters. The number of benzene rings is 1. The molecule has 20 heavy (non-hydrogen) atoms. The minimum atomic E-state index is -4.85. The van der Waals surface area contributed by atoms with Crippen LogP contribution in [0.25, 0.3) is 11.0 Å². The first kappa shape index (κ1) is 12.5. The number of fused-ring (bicyclic) bond motifs is 3. The van der Waals surface area contributed by atoms with Gasteiger partial charge in [-0.25, -0.2) is 9.78 Å². The molecule has 1 aliphatic heterocycles. The lowest BCUT2D eigenvalue weighted by Gasteiger charge is -2.15. The van der Waals surface area contributed by atoms with E-state index in [0.29, 0.717) is 4.57 Å². The first-order valence-corrected chi connectivity index (χ1v) is 5.49. The van der Waals surface area contributed by atoms with Gasteiger partial charge in [0.15, 0.2) is 0 Å². The van der Waals surface area contributed by atoms with Crippen LogP contribution < -0.4 is 10.6 Å². The van der Waals surface area contributed by atoms with Crippen molar-refractivity contribution in [2.45, 2.75) is 12.2 Å². The molecule has 0 saturated carbocycles. The number of rotatable bonds is 0. The average molecular weight is 284 g/mol. The van der Waals surface area contributed by atoms with Crippen LogP contribution in [0.1, 0.15) is 6.04 Å². The molecule has 2 heterocycles. The van der Waals surface area contributed by atoms with E-state index in [2.05, 4.69) is 4.98 Å². The van der Waals surface area contributed by atoms with Crippen molar-refractivity contribution in [2.75, 3.05) is 4.90 Å². The fourth-order valence-corrected chi connectivity index (χ4v) is 2.27. The van der Waals surface area contributed by atoms with Crippen molar-refractivity contribution in [3.05, 3.63) is 24.3 Å². The van der Waals surface area contributed by atoms with E-state index in [1.807, 2.05) is 0 Å². The number of hydrogen-bond donors (Lipinski definition) is 1. The molecule has 0 spiro atoms. The lowest BCUT2D eigenvalue weighted by molar-refractivity contribution is -0.171. The third kappa shape index (κ3) is 1.49. The molecule has 3 amide bonds. The van der Waals surface area contributed by atoms with Crippen molar-refractivity contribution in [1.29, 1.82) is 0 Å². The zero-order valence-corrected chi connectivity index (χ0v) is 9.76. The zero-order chi connectivity index (χ0) is 14.7.